The molecule has 0 saturated carbocycles. The molecule has 0 aliphatic heterocycles. The SMILES string of the molecule is C=C(N)NCCC[C@H](NC(=O)[C@H](C)NC(C)=O)C(=O)N[C@@H](CC)C(N)=O. The molecular weight excluding hydrogens is 340 g/mol. The third kappa shape index (κ3) is 9.50. The van der Waals surface area contributed by atoms with Crippen molar-refractivity contribution in [1.82, 2.24) is 21.3 Å². The Morgan fingerprint density at radius 2 is 1.58 bits per heavy atom. The summed E-state index contributed by atoms with van der Waals surface area (Å²) in [6, 6.07) is -2.51. The molecule has 0 bridgehead atoms. The van der Waals surface area contributed by atoms with Crippen molar-refractivity contribution < 1.29 is 19.2 Å². The molecule has 0 aliphatic rings. The Morgan fingerprint density at radius 3 is 2.04 bits per heavy atom. The van der Waals surface area contributed by atoms with Gasteiger partial charge in [0.1, 0.15) is 18.1 Å². The predicted molar refractivity (Wildman–Crippen MR) is 97.2 cm³/mol. The minimum atomic E-state index is -0.889. The van der Waals surface area contributed by atoms with Gasteiger partial charge in [0, 0.05) is 13.5 Å². The summed E-state index contributed by atoms with van der Waals surface area (Å²) in [5.41, 5.74) is 10.6. The Bertz CT molecular complexity index is 537. The van der Waals surface area contributed by atoms with Gasteiger partial charge in [0.25, 0.3) is 0 Å². The molecule has 148 valence electrons. The molecule has 0 saturated heterocycles. The smallest absolute Gasteiger partial charge is 0.243 e. The minimum absolute atomic E-state index is 0.292. The summed E-state index contributed by atoms with van der Waals surface area (Å²) in [4.78, 5) is 47.0. The van der Waals surface area contributed by atoms with Crippen LogP contribution in [-0.2, 0) is 19.2 Å². The predicted octanol–water partition coefficient (Wildman–Crippen LogP) is -1.82. The molecule has 0 spiro atoms. The number of nitrogens with two attached hydrogens (primary N) is 2. The molecule has 10 nitrogen and oxygen atoms in total. The van der Waals surface area contributed by atoms with Crippen LogP contribution in [0.4, 0.5) is 0 Å². The number of primary amides is 1. The standard InChI is InChI=1S/C16H30N6O4/c1-5-12(14(18)24)21-16(26)13(7-6-8-19-10(3)17)22-15(25)9(2)20-11(4)23/h9,12-13,19H,3,5-8,17H2,1-2,4H3,(H2,18,24)(H,20,23)(H,21,26)(H,22,25)/t9-,12-,13-/m0/s1. The van der Waals surface area contributed by atoms with Crippen LogP contribution in [-0.4, -0.2) is 48.3 Å². The molecular formula is C16H30N6O4. The van der Waals surface area contributed by atoms with Gasteiger partial charge in [0.2, 0.25) is 23.6 Å². The number of hydrogen-bond acceptors (Lipinski definition) is 6. The van der Waals surface area contributed by atoms with E-state index in [1.807, 2.05) is 0 Å². The van der Waals surface area contributed by atoms with Crippen LogP contribution >= 0.6 is 0 Å². The average molecular weight is 370 g/mol. The van der Waals surface area contributed by atoms with Crippen molar-refractivity contribution in [2.24, 2.45) is 11.5 Å². The molecule has 0 rings (SSSR count). The van der Waals surface area contributed by atoms with Crippen LogP contribution in [0.5, 0.6) is 0 Å². The first-order valence-corrected chi connectivity index (χ1v) is 8.43. The van der Waals surface area contributed by atoms with Crippen molar-refractivity contribution in [3.05, 3.63) is 12.4 Å². The van der Waals surface area contributed by atoms with Gasteiger partial charge in [-0.2, -0.15) is 0 Å². The van der Waals surface area contributed by atoms with E-state index in [0.717, 1.165) is 0 Å². The van der Waals surface area contributed by atoms with E-state index in [-0.39, 0.29) is 5.91 Å². The van der Waals surface area contributed by atoms with E-state index in [4.69, 9.17) is 11.5 Å². The van der Waals surface area contributed by atoms with Crippen molar-refractivity contribution in [3.8, 4) is 0 Å². The molecule has 10 heteroatoms. The summed E-state index contributed by atoms with van der Waals surface area (Å²) in [5.74, 6) is -1.75. The molecule has 26 heavy (non-hydrogen) atoms. The van der Waals surface area contributed by atoms with E-state index >= 15 is 0 Å². The quantitative estimate of drug-likeness (QED) is 0.221. The number of rotatable bonds is 12. The average Bonchev–Trinajstić information content (AvgIpc) is 2.53. The maximum absolute atomic E-state index is 12.4. The van der Waals surface area contributed by atoms with Crippen LogP contribution in [0.1, 0.15) is 40.0 Å². The van der Waals surface area contributed by atoms with Crippen LogP contribution in [0.25, 0.3) is 0 Å². The molecule has 0 fully saturated rings. The normalized spacial score (nSPS) is 13.7. The highest BCUT2D eigenvalue weighted by atomic mass is 16.2. The highest BCUT2D eigenvalue weighted by Gasteiger charge is 2.26. The van der Waals surface area contributed by atoms with E-state index in [1.165, 1.54) is 13.8 Å². The summed E-state index contributed by atoms with van der Waals surface area (Å²) in [7, 11) is 0. The van der Waals surface area contributed by atoms with E-state index in [9.17, 15) is 19.2 Å². The lowest BCUT2D eigenvalue weighted by molar-refractivity contribution is -0.133. The Hall–Kier alpha value is -2.78. The molecule has 4 amide bonds. The maximum atomic E-state index is 12.4. The van der Waals surface area contributed by atoms with Gasteiger partial charge in [0.15, 0.2) is 0 Å². The van der Waals surface area contributed by atoms with Crippen LogP contribution in [0.2, 0.25) is 0 Å². The molecule has 0 radical (unpaired) electrons. The first kappa shape index (κ1) is 23.2. The first-order chi connectivity index (χ1) is 12.1. The Labute approximate surface area is 153 Å². The molecule has 0 unspecified atom stereocenters. The number of hydrogen-bond donors (Lipinski definition) is 6. The van der Waals surface area contributed by atoms with Crippen molar-refractivity contribution in [1.29, 1.82) is 0 Å². The second kappa shape index (κ2) is 11.7. The molecule has 3 atom stereocenters. The van der Waals surface area contributed by atoms with Crippen LogP contribution < -0.4 is 32.7 Å². The van der Waals surface area contributed by atoms with Crippen LogP contribution in [0, 0.1) is 0 Å². The lowest BCUT2D eigenvalue weighted by atomic mass is 10.1. The van der Waals surface area contributed by atoms with Crippen molar-refractivity contribution in [2.45, 2.75) is 58.2 Å². The Kier molecular flexibility index (Phi) is 10.5. The first-order valence-electron chi connectivity index (χ1n) is 8.43. The lowest BCUT2D eigenvalue weighted by Gasteiger charge is -2.23. The van der Waals surface area contributed by atoms with Crippen LogP contribution in [0.15, 0.2) is 12.4 Å². The van der Waals surface area contributed by atoms with Gasteiger partial charge in [0.05, 0.1) is 5.82 Å². The number of carbonyl (C=O) groups excluding carboxylic acids is 4. The van der Waals surface area contributed by atoms with Gasteiger partial charge in [-0.3, -0.25) is 19.2 Å². The fraction of sp³-hybridized carbons (Fsp3) is 0.625. The fourth-order valence-corrected chi connectivity index (χ4v) is 2.14. The highest BCUT2D eigenvalue weighted by molar-refractivity contribution is 5.93. The van der Waals surface area contributed by atoms with E-state index in [1.54, 1.807) is 6.92 Å². The maximum Gasteiger partial charge on any atom is 0.243 e. The van der Waals surface area contributed by atoms with Gasteiger partial charge in [-0.1, -0.05) is 13.5 Å². The third-order valence-electron chi connectivity index (χ3n) is 3.54. The van der Waals surface area contributed by atoms with Crippen molar-refractivity contribution in [3.63, 3.8) is 0 Å². The Balaban J connectivity index is 4.94. The zero-order chi connectivity index (χ0) is 20.3. The molecule has 0 aromatic heterocycles. The molecule has 0 aliphatic carbocycles. The summed E-state index contributed by atoms with van der Waals surface area (Å²) in [6.07, 6.45) is 1.13. The zero-order valence-corrected chi connectivity index (χ0v) is 15.6. The van der Waals surface area contributed by atoms with Gasteiger partial charge in [-0.25, -0.2) is 0 Å². The van der Waals surface area contributed by atoms with Crippen LogP contribution in [0.3, 0.4) is 0 Å². The number of nitrogens with one attached hydrogen (secondary N) is 4. The zero-order valence-electron chi connectivity index (χ0n) is 15.6. The lowest BCUT2D eigenvalue weighted by Crippen LogP contribution is -2.55. The molecule has 0 aromatic rings. The summed E-state index contributed by atoms with van der Waals surface area (Å²) in [6.45, 7) is 8.46. The fourth-order valence-electron chi connectivity index (χ4n) is 2.14. The highest BCUT2D eigenvalue weighted by Crippen LogP contribution is 2.01. The van der Waals surface area contributed by atoms with Gasteiger partial charge in [-0.15, -0.1) is 0 Å². The van der Waals surface area contributed by atoms with E-state index in [2.05, 4.69) is 27.8 Å². The summed E-state index contributed by atoms with van der Waals surface area (Å²) in [5, 5.41) is 10.4. The second-order valence-corrected chi connectivity index (χ2v) is 5.95. The molecule has 0 aromatic carbocycles. The van der Waals surface area contributed by atoms with E-state index in [0.29, 0.717) is 31.6 Å². The van der Waals surface area contributed by atoms with Gasteiger partial charge < -0.3 is 32.7 Å². The monoisotopic (exact) mass is 370 g/mol. The topological polar surface area (TPSA) is 168 Å². The largest absolute Gasteiger partial charge is 0.386 e. The second-order valence-electron chi connectivity index (χ2n) is 5.95. The number of carbonyl (C=O) groups is 4. The summed E-state index contributed by atoms with van der Waals surface area (Å²) < 4.78 is 0. The van der Waals surface area contributed by atoms with E-state index < -0.39 is 35.8 Å². The summed E-state index contributed by atoms with van der Waals surface area (Å²) >= 11 is 0. The van der Waals surface area contributed by atoms with Gasteiger partial charge in [-0.05, 0) is 26.2 Å². The minimum Gasteiger partial charge on any atom is -0.386 e. The van der Waals surface area contributed by atoms with Crippen molar-refractivity contribution in [2.75, 3.05) is 6.54 Å². The number of amides is 4. The van der Waals surface area contributed by atoms with Crippen molar-refractivity contribution >= 4 is 23.6 Å². The molecule has 0 heterocycles. The molecule has 8 N–H and O–H groups in total. The Morgan fingerprint density at radius 1 is 1.00 bits per heavy atom. The third-order valence-corrected chi connectivity index (χ3v) is 3.54. The van der Waals surface area contributed by atoms with Gasteiger partial charge >= 0.3 is 0 Å².